The molecule has 4 nitrogen and oxygen atoms in total. The second-order valence-electron chi connectivity index (χ2n) is 2.88. The van der Waals surface area contributed by atoms with Crippen LogP contribution in [0.3, 0.4) is 0 Å². The van der Waals surface area contributed by atoms with Gasteiger partial charge in [0, 0.05) is 13.2 Å². The number of imidazole rings is 1. The fourth-order valence-electron chi connectivity index (χ4n) is 1.37. The second-order valence-corrected chi connectivity index (χ2v) is 2.88. The molecular formula is C10H16N4. The summed E-state index contributed by atoms with van der Waals surface area (Å²) in [5.74, 6) is 0.496. The zero-order valence-corrected chi connectivity index (χ0v) is 9.07. The molecule has 0 unspecified atom stereocenters. The fourth-order valence-corrected chi connectivity index (χ4v) is 1.37. The van der Waals surface area contributed by atoms with Gasteiger partial charge in [-0.1, -0.05) is 13.8 Å². The van der Waals surface area contributed by atoms with E-state index in [4.69, 9.17) is 5.73 Å². The van der Waals surface area contributed by atoms with Crippen molar-refractivity contribution < 1.29 is 0 Å². The maximum Gasteiger partial charge on any atom is 0.151 e. The van der Waals surface area contributed by atoms with E-state index in [2.05, 4.69) is 9.97 Å². The molecule has 0 aromatic carbocycles. The molecule has 0 aliphatic heterocycles. The number of anilines is 1. The molecular weight excluding hydrogens is 176 g/mol. The molecule has 2 aromatic heterocycles. The van der Waals surface area contributed by atoms with E-state index in [1.807, 2.05) is 32.4 Å². The monoisotopic (exact) mass is 192 g/mol. The number of hydrogen-bond donors (Lipinski definition) is 1. The van der Waals surface area contributed by atoms with Crippen LogP contribution in [0.5, 0.6) is 0 Å². The summed E-state index contributed by atoms with van der Waals surface area (Å²) in [6.45, 7) is 6.00. The highest BCUT2D eigenvalue weighted by atomic mass is 15.0. The van der Waals surface area contributed by atoms with Gasteiger partial charge in [0.15, 0.2) is 5.82 Å². The van der Waals surface area contributed by atoms with Crippen LogP contribution in [0.1, 0.15) is 19.4 Å². The van der Waals surface area contributed by atoms with Gasteiger partial charge >= 0.3 is 0 Å². The Hall–Kier alpha value is -1.58. The Morgan fingerprint density at radius 3 is 2.50 bits per heavy atom. The average molecular weight is 192 g/mol. The lowest BCUT2D eigenvalue weighted by molar-refractivity contribution is 0.943. The van der Waals surface area contributed by atoms with Crippen LogP contribution in [0.15, 0.2) is 12.5 Å². The summed E-state index contributed by atoms with van der Waals surface area (Å²) in [6, 6.07) is 0. The molecule has 0 bridgehead atoms. The second kappa shape index (κ2) is 4.09. The van der Waals surface area contributed by atoms with Crippen LogP contribution in [0.25, 0.3) is 11.0 Å². The van der Waals surface area contributed by atoms with Gasteiger partial charge < -0.3 is 10.3 Å². The SMILES string of the molecule is CC.Cc1cnc(N)c2ncn(C)c12. The molecule has 0 aliphatic rings. The molecule has 0 amide bonds. The first-order valence-electron chi connectivity index (χ1n) is 4.72. The number of aromatic nitrogens is 3. The van der Waals surface area contributed by atoms with Gasteiger partial charge in [0.2, 0.25) is 0 Å². The summed E-state index contributed by atoms with van der Waals surface area (Å²) in [6.07, 6.45) is 3.51. The van der Waals surface area contributed by atoms with Gasteiger partial charge in [-0.3, -0.25) is 0 Å². The largest absolute Gasteiger partial charge is 0.382 e. The Labute approximate surface area is 83.8 Å². The third-order valence-electron chi connectivity index (χ3n) is 1.95. The van der Waals surface area contributed by atoms with Crippen molar-refractivity contribution in [2.75, 3.05) is 5.73 Å². The predicted molar refractivity (Wildman–Crippen MR) is 59.0 cm³/mol. The van der Waals surface area contributed by atoms with E-state index in [0.717, 1.165) is 16.6 Å². The van der Waals surface area contributed by atoms with Crippen LogP contribution in [-0.2, 0) is 7.05 Å². The summed E-state index contributed by atoms with van der Waals surface area (Å²) >= 11 is 0. The minimum Gasteiger partial charge on any atom is -0.382 e. The highest BCUT2D eigenvalue weighted by Crippen LogP contribution is 2.19. The maximum atomic E-state index is 5.65. The summed E-state index contributed by atoms with van der Waals surface area (Å²) in [7, 11) is 1.95. The van der Waals surface area contributed by atoms with Crippen molar-refractivity contribution in [3.05, 3.63) is 18.1 Å². The number of nitrogens with two attached hydrogens (primary N) is 1. The topological polar surface area (TPSA) is 56.7 Å². The molecule has 0 saturated carbocycles. The molecule has 0 spiro atoms. The Bertz CT molecular complexity index is 431. The molecule has 0 saturated heterocycles. The number of nitrogen functional groups attached to an aromatic ring is 1. The number of hydrogen-bond acceptors (Lipinski definition) is 3. The number of aryl methyl sites for hydroxylation is 2. The van der Waals surface area contributed by atoms with Crippen molar-refractivity contribution in [3.8, 4) is 0 Å². The van der Waals surface area contributed by atoms with Crippen LogP contribution in [0, 0.1) is 6.92 Å². The molecule has 0 atom stereocenters. The molecule has 2 heterocycles. The Morgan fingerprint density at radius 1 is 1.29 bits per heavy atom. The highest BCUT2D eigenvalue weighted by Gasteiger charge is 2.06. The molecule has 4 heteroatoms. The van der Waals surface area contributed by atoms with Gasteiger partial charge in [-0.15, -0.1) is 0 Å². The molecule has 14 heavy (non-hydrogen) atoms. The first-order valence-corrected chi connectivity index (χ1v) is 4.72. The van der Waals surface area contributed by atoms with Crippen molar-refractivity contribution in [1.82, 2.24) is 14.5 Å². The van der Waals surface area contributed by atoms with Crippen LogP contribution >= 0.6 is 0 Å². The van der Waals surface area contributed by atoms with Crippen molar-refractivity contribution in [3.63, 3.8) is 0 Å². The lowest BCUT2D eigenvalue weighted by Crippen LogP contribution is -1.94. The zero-order chi connectivity index (χ0) is 10.7. The van der Waals surface area contributed by atoms with E-state index in [9.17, 15) is 0 Å². The Kier molecular flexibility index (Phi) is 3.06. The standard InChI is InChI=1S/C8H10N4.C2H6/c1-5-3-10-8(9)6-7(5)12(2)4-11-6;1-2/h3-4H,1-2H3,(H2,9,10);1-2H3. The fraction of sp³-hybridized carbons (Fsp3) is 0.400. The first kappa shape index (κ1) is 10.5. The molecule has 2 aromatic rings. The lowest BCUT2D eigenvalue weighted by atomic mass is 10.2. The number of rotatable bonds is 0. The molecule has 0 fully saturated rings. The minimum atomic E-state index is 0.496. The van der Waals surface area contributed by atoms with Crippen molar-refractivity contribution in [2.45, 2.75) is 20.8 Å². The minimum absolute atomic E-state index is 0.496. The van der Waals surface area contributed by atoms with Gasteiger partial charge in [-0.25, -0.2) is 9.97 Å². The Balaban J connectivity index is 0.000000461. The predicted octanol–water partition coefficient (Wildman–Crippen LogP) is 1.89. The third kappa shape index (κ3) is 1.55. The number of nitrogens with zero attached hydrogens (tertiary/aromatic N) is 3. The highest BCUT2D eigenvalue weighted by molar-refractivity contribution is 5.86. The van der Waals surface area contributed by atoms with E-state index < -0.39 is 0 Å². The van der Waals surface area contributed by atoms with E-state index in [1.165, 1.54) is 0 Å². The van der Waals surface area contributed by atoms with Gasteiger partial charge in [-0.2, -0.15) is 0 Å². The van der Waals surface area contributed by atoms with Gasteiger partial charge in [-0.05, 0) is 12.5 Å². The normalized spacial score (nSPS) is 9.71. The van der Waals surface area contributed by atoms with E-state index in [1.54, 1.807) is 12.5 Å². The zero-order valence-electron chi connectivity index (χ0n) is 9.07. The van der Waals surface area contributed by atoms with E-state index in [0.29, 0.717) is 5.82 Å². The van der Waals surface area contributed by atoms with Crippen LogP contribution < -0.4 is 5.73 Å². The van der Waals surface area contributed by atoms with Gasteiger partial charge in [0.25, 0.3) is 0 Å². The van der Waals surface area contributed by atoms with Gasteiger partial charge in [0.1, 0.15) is 5.52 Å². The molecule has 2 N–H and O–H groups in total. The molecule has 0 aliphatic carbocycles. The third-order valence-corrected chi connectivity index (χ3v) is 1.95. The number of fused-ring (bicyclic) bond motifs is 1. The van der Waals surface area contributed by atoms with Crippen LogP contribution in [0.2, 0.25) is 0 Å². The summed E-state index contributed by atoms with van der Waals surface area (Å²) in [5, 5.41) is 0. The smallest absolute Gasteiger partial charge is 0.151 e. The summed E-state index contributed by atoms with van der Waals surface area (Å²) in [4.78, 5) is 8.18. The van der Waals surface area contributed by atoms with Crippen LogP contribution in [-0.4, -0.2) is 14.5 Å². The molecule has 76 valence electrons. The molecule has 2 rings (SSSR count). The van der Waals surface area contributed by atoms with Crippen molar-refractivity contribution in [1.29, 1.82) is 0 Å². The van der Waals surface area contributed by atoms with E-state index in [-0.39, 0.29) is 0 Å². The van der Waals surface area contributed by atoms with E-state index >= 15 is 0 Å². The van der Waals surface area contributed by atoms with Crippen LogP contribution in [0.4, 0.5) is 5.82 Å². The average Bonchev–Trinajstić information content (AvgIpc) is 2.59. The molecule has 0 radical (unpaired) electrons. The Morgan fingerprint density at radius 2 is 1.93 bits per heavy atom. The lowest BCUT2D eigenvalue weighted by Gasteiger charge is -1.99. The maximum absolute atomic E-state index is 5.65. The number of pyridine rings is 1. The van der Waals surface area contributed by atoms with Gasteiger partial charge in [0.05, 0.1) is 11.8 Å². The summed E-state index contributed by atoms with van der Waals surface area (Å²) in [5.41, 5.74) is 8.60. The first-order chi connectivity index (χ1) is 6.70. The summed E-state index contributed by atoms with van der Waals surface area (Å²) < 4.78 is 1.95. The quantitative estimate of drug-likeness (QED) is 0.693. The van der Waals surface area contributed by atoms with Crippen molar-refractivity contribution >= 4 is 16.9 Å². The van der Waals surface area contributed by atoms with Crippen molar-refractivity contribution in [2.24, 2.45) is 7.05 Å².